The number of hydrogen-bond donors (Lipinski definition) is 1. The number of amides is 1. The second-order valence-electron chi connectivity index (χ2n) is 6.17. The van der Waals surface area contributed by atoms with E-state index in [1.165, 1.54) is 17.2 Å². The summed E-state index contributed by atoms with van der Waals surface area (Å²) >= 11 is 12.0. The molecule has 0 aliphatic carbocycles. The number of pyridine rings is 1. The Bertz CT molecular complexity index is 807. The van der Waals surface area contributed by atoms with Gasteiger partial charge in [0.25, 0.3) is 0 Å². The predicted octanol–water partition coefficient (Wildman–Crippen LogP) is 4.21. The second-order valence-corrected chi connectivity index (χ2v) is 7.05. The summed E-state index contributed by atoms with van der Waals surface area (Å²) in [5, 5.41) is 9.90. The number of aromatic carboxylic acids is 1. The van der Waals surface area contributed by atoms with Crippen LogP contribution in [0.4, 0.5) is 11.5 Å². The van der Waals surface area contributed by atoms with E-state index >= 15 is 0 Å². The normalized spacial score (nSPS) is 11.7. The Kier molecular flexibility index (Phi) is 7.05. The van der Waals surface area contributed by atoms with Crippen molar-refractivity contribution in [2.45, 2.75) is 13.8 Å². The second kappa shape index (κ2) is 9.06. The minimum atomic E-state index is -1.03. The fourth-order valence-corrected chi connectivity index (χ4v) is 3.20. The molecule has 0 saturated carbocycles. The fraction of sp³-hybridized carbons (Fsp3) is 0.316. The predicted molar refractivity (Wildman–Crippen MR) is 108 cm³/mol. The van der Waals surface area contributed by atoms with Gasteiger partial charge in [0.15, 0.2) is 0 Å². The van der Waals surface area contributed by atoms with Crippen molar-refractivity contribution in [3.8, 4) is 0 Å². The molecule has 0 radical (unpaired) electrons. The van der Waals surface area contributed by atoms with Gasteiger partial charge in [0.05, 0.1) is 11.5 Å². The summed E-state index contributed by atoms with van der Waals surface area (Å²) in [6.07, 6.45) is 1.31. The number of anilines is 2. The number of nitrogens with zero attached hydrogens (tertiary/aromatic N) is 3. The molecule has 1 aromatic heterocycles. The minimum absolute atomic E-state index is 0.0889. The first-order valence-electron chi connectivity index (χ1n) is 8.40. The van der Waals surface area contributed by atoms with Gasteiger partial charge in [-0.25, -0.2) is 9.78 Å². The number of carbonyl (C=O) groups is 2. The Morgan fingerprint density at radius 1 is 1.19 bits per heavy atom. The first kappa shape index (κ1) is 21.0. The van der Waals surface area contributed by atoms with E-state index in [9.17, 15) is 9.59 Å². The van der Waals surface area contributed by atoms with Crippen LogP contribution in [-0.4, -0.2) is 42.1 Å². The number of carboxylic acids is 1. The highest BCUT2D eigenvalue weighted by molar-refractivity contribution is 6.35. The van der Waals surface area contributed by atoms with Crippen LogP contribution >= 0.6 is 23.2 Å². The number of hydrogen-bond acceptors (Lipinski definition) is 4. The molecule has 0 saturated heterocycles. The van der Waals surface area contributed by atoms with E-state index < -0.39 is 5.97 Å². The zero-order valence-electron chi connectivity index (χ0n) is 15.3. The molecule has 1 aromatic carbocycles. The molecule has 8 heteroatoms. The number of halogens is 2. The lowest BCUT2D eigenvalue weighted by Crippen LogP contribution is -2.39. The third-order valence-electron chi connectivity index (χ3n) is 4.18. The van der Waals surface area contributed by atoms with Crippen molar-refractivity contribution in [3.63, 3.8) is 0 Å². The minimum Gasteiger partial charge on any atom is -0.478 e. The van der Waals surface area contributed by atoms with Gasteiger partial charge >= 0.3 is 5.97 Å². The van der Waals surface area contributed by atoms with Gasteiger partial charge in [0, 0.05) is 42.1 Å². The molecule has 1 atom stereocenters. The van der Waals surface area contributed by atoms with Crippen LogP contribution in [-0.2, 0) is 4.79 Å². The molecule has 6 nitrogen and oxygen atoms in total. The first-order valence-corrected chi connectivity index (χ1v) is 9.16. The lowest BCUT2D eigenvalue weighted by molar-refractivity contribution is -0.121. The molecule has 0 aliphatic rings. The van der Waals surface area contributed by atoms with Crippen molar-refractivity contribution >= 4 is 46.6 Å². The van der Waals surface area contributed by atoms with Crippen molar-refractivity contribution in [3.05, 3.63) is 52.1 Å². The molecule has 0 bridgehead atoms. The van der Waals surface area contributed by atoms with Gasteiger partial charge in [-0.1, -0.05) is 30.1 Å². The summed E-state index contributed by atoms with van der Waals surface area (Å²) in [7, 11) is 1.68. The van der Waals surface area contributed by atoms with Crippen molar-refractivity contribution in [1.82, 2.24) is 4.98 Å². The molecule has 1 heterocycles. The number of carbonyl (C=O) groups excluding carboxylic acids is 1. The highest BCUT2D eigenvalue weighted by Gasteiger charge is 2.22. The van der Waals surface area contributed by atoms with Gasteiger partial charge in [-0.15, -0.1) is 0 Å². The van der Waals surface area contributed by atoms with Gasteiger partial charge in [-0.05, 0) is 37.3 Å². The third kappa shape index (κ3) is 5.34. The summed E-state index contributed by atoms with van der Waals surface area (Å²) in [5.74, 6) is -0.819. The number of rotatable bonds is 7. The zero-order valence-corrected chi connectivity index (χ0v) is 16.8. The third-order valence-corrected chi connectivity index (χ3v) is 4.62. The highest BCUT2D eigenvalue weighted by Crippen LogP contribution is 2.26. The molecular weight excluding hydrogens is 389 g/mol. The van der Waals surface area contributed by atoms with Gasteiger partial charge < -0.3 is 14.9 Å². The van der Waals surface area contributed by atoms with Crippen LogP contribution in [0.1, 0.15) is 24.2 Å². The number of aromatic nitrogens is 1. The maximum Gasteiger partial charge on any atom is 0.337 e. The summed E-state index contributed by atoms with van der Waals surface area (Å²) < 4.78 is 0. The number of benzene rings is 1. The van der Waals surface area contributed by atoms with E-state index in [0.717, 1.165) is 0 Å². The van der Waals surface area contributed by atoms with Gasteiger partial charge in [-0.3, -0.25) is 4.79 Å². The van der Waals surface area contributed by atoms with E-state index in [1.807, 2.05) is 18.7 Å². The molecule has 2 rings (SSSR count). The Labute approximate surface area is 168 Å². The van der Waals surface area contributed by atoms with Crippen LogP contribution in [0.5, 0.6) is 0 Å². The van der Waals surface area contributed by atoms with Crippen LogP contribution in [0.15, 0.2) is 36.5 Å². The van der Waals surface area contributed by atoms with Crippen molar-refractivity contribution < 1.29 is 14.7 Å². The van der Waals surface area contributed by atoms with E-state index in [0.29, 0.717) is 34.6 Å². The standard InChI is InChI=1S/C19H21Cl2N3O3/c1-4-24(17-6-5-13(10-22-17)19(26)27)11-12(2)18(25)23(3)16-8-14(20)7-15(21)9-16/h5-10,12H,4,11H2,1-3H3,(H,26,27)/t12-/m1/s1. The molecule has 144 valence electrons. The van der Waals surface area contributed by atoms with Gasteiger partial charge in [0.2, 0.25) is 5.91 Å². The average molecular weight is 410 g/mol. The van der Waals surface area contributed by atoms with Crippen LogP contribution in [0.25, 0.3) is 0 Å². The quantitative estimate of drug-likeness (QED) is 0.740. The Balaban J connectivity index is 2.11. The molecule has 0 unspecified atom stereocenters. The van der Waals surface area contributed by atoms with Crippen molar-refractivity contribution in [1.29, 1.82) is 0 Å². The van der Waals surface area contributed by atoms with Crippen LogP contribution in [0.3, 0.4) is 0 Å². The summed E-state index contributed by atoms with van der Waals surface area (Å²) in [4.78, 5) is 31.4. The number of carboxylic acid groups (broad SMARTS) is 1. The van der Waals surface area contributed by atoms with E-state index in [2.05, 4.69) is 4.98 Å². The van der Waals surface area contributed by atoms with Crippen LogP contribution < -0.4 is 9.80 Å². The SMILES string of the molecule is CCN(C[C@@H](C)C(=O)N(C)c1cc(Cl)cc(Cl)c1)c1ccc(C(=O)O)cn1. The molecule has 27 heavy (non-hydrogen) atoms. The first-order chi connectivity index (χ1) is 12.7. The monoisotopic (exact) mass is 409 g/mol. The maximum absolute atomic E-state index is 12.8. The van der Waals surface area contributed by atoms with Gasteiger partial charge in [0.1, 0.15) is 5.82 Å². The molecule has 0 spiro atoms. The van der Waals surface area contributed by atoms with Crippen LogP contribution in [0, 0.1) is 5.92 Å². The lowest BCUT2D eigenvalue weighted by Gasteiger charge is -2.28. The maximum atomic E-state index is 12.8. The van der Waals surface area contributed by atoms with Crippen LogP contribution in [0.2, 0.25) is 10.0 Å². The fourth-order valence-electron chi connectivity index (χ4n) is 2.68. The van der Waals surface area contributed by atoms with Crippen molar-refractivity contribution in [2.24, 2.45) is 5.92 Å². The molecule has 2 aromatic rings. The topological polar surface area (TPSA) is 73.7 Å². The Morgan fingerprint density at radius 3 is 2.30 bits per heavy atom. The molecular formula is C19H21Cl2N3O3. The molecule has 1 amide bonds. The summed E-state index contributed by atoms with van der Waals surface area (Å²) in [6.45, 7) is 4.85. The average Bonchev–Trinajstić information content (AvgIpc) is 2.64. The summed E-state index contributed by atoms with van der Waals surface area (Å²) in [6, 6.07) is 8.12. The van der Waals surface area contributed by atoms with E-state index in [1.54, 1.807) is 31.3 Å². The zero-order chi connectivity index (χ0) is 20.1. The van der Waals surface area contributed by atoms with E-state index in [4.69, 9.17) is 28.3 Å². The van der Waals surface area contributed by atoms with E-state index in [-0.39, 0.29) is 17.4 Å². The summed E-state index contributed by atoms with van der Waals surface area (Å²) in [5.41, 5.74) is 0.743. The van der Waals surface area contributed by atoms with Gasteiger partial charge in [-0.2, -0.15) is 0 Å². The molecule has 1 N–H and O–H groups in total. The largest absolute Gasteiger partial charge is 0.478 e. The Hall–Kier alpha value is -2.31. The molecule has 0 aliphatic heterocycles. The lowest BCUT2D eigenvalue weighted by atomic mass is 10.1. The van der Waals surface area contributed by atoms with Crippen molar-refractivity contribution in [2.75, 3.05) is 29.9 Å². The molecule has 0 fully saturated rings. The smallest absolute Gasteiger partial charge is 0.337 e. The Morgan fingerprint density at radius 2 is 1.81 bits per heavy atom. The highest BCUT2D eigenvalue weighted by atomic mass is 35.5.